The molecule has 7 N–H and O–H groups in total. The van der Waals surface area contributed by atoms with E-state index < -0.39 is 157 Å². The number of halogens is 1. The van der Waals surface area contributed by atoms with Gasteiger partial charge in [0.05, 0.1) is 61.2 Å². The molecule has 5 atom stereocenters. The highest BCUT2D eigenvalue weighted by molar-refractivity contribution is 6.15. The van der Waals surface area contributed by atoms with Crippen LogP contribution in [0, 0.1) is 12.7 Å². The number of amides is 9. The number of cyclic esters (lactones) is 1. The van der Waals surface area contributed by atoms with Gasteiger partial charge in [0, 0.05) is 41.2 Å². The van der Waals surface area contributed by atoms with Gasteiger partial charge in [-0.25, -0.2) is 19.0 Å². The van der Waals surface area contributed by atoms with Gasteiger partial charge in [-0.2, -0.15) is 0 Å². The Morgan fingerprint density at radius 1 is 0.822 bits per heavy atom. The molecule has 27 nitrogen and oxygen atoms in total. The first-order valence-corrected chi connectivity index (χ1v) is 29.3. The van der Waals surface area contributed by atoms with E-state index in [9.17, 15) is 62.6 Å². The molecule has 2 aromatic heterocycles. The number of carbonyl (C=O) groups excluding carboxylic acids is 11. The summed E-state index contributed by atoms with van der Waals surface area (Å²) in [7, 11) is 0. The fourth-order valence-corrected chi connectivity index (χ4v) is 11.0. The van der Waals surface area contributed by atoms with Crippen LogP contribution in [0.25, 0.3) is 22.3 Å². The van der Waals surface area contributed by atoms with Crippen molar-refractivity contribution >= 4 is 76.2 Å². The second kappa shape index (κ2) is 27.1. The summed E-state index contributed by atoms with van der Waals surface area (Å²) in [6.07, 6.45) is 0.315. The quantitative estimate of drug-likeness (QED) is 0.0211. The van der Waals surface area contributed by atoms with Crippen molar-refractivity contribution in [2.75, 3.05) is 39.5 Å². The van der Waals surface area contributed by atoms with Gasteiger partial charge < -0.3 is 60.5 Å². The Labute approximate surface area is 516 Å². The fourth-order valence-electron chi connectivity index (χ4n) is 11.0. The molecule has 4 aromatic rings. The number of ether oxygens (including phenoxy) is 4. The number of aryl methyl sites for hydroxylation is 1. The summed E-state index contributed by atoms with van der Waals surface area (Å²) in [6, 6.07) is 7.62. The lowest BCUT2D eigenvalue weighted by molar-refractivity contribution is -0.172. The summed E-state index contributed by atoms with van der Waals surface area (Å²) in [4.78, 5) is 166. The molecule has 480 valence electrons. The highest BCUT2D eigenvalue weighted by Gasteiger charge is 2.47. The van der Waals surface area contributed by atoms with Gasteiger partial charge in [0.2, 0.25) is 35.4 Å². The molecule has 9 amide bonds. The number of rotatable bonds is 23. The van der Waals surface area contributed by atoms with Crippen LogP contribution in [0.1, 0.15) is 120 Å². The molecule has 4 aliphatic rings. The van der Waals surface area contributed by atoms with Crippen molar-refractivity contribution in [1.29, 1.82) is 0 Å². The molecule has 90 heavy (non-hydrogen) atoms. The first kappa shape index (κ1) is 66.5. The van der Waals surface area contributed by atoms with Gasteiger partial charge in [-0.1, -0.05) is 44.2 Å². The number of aliphatic hydroxyl groups is 1. The number of hydrogen-bond donors (Lipinski definition) is 7. The molecule has 0 saturated heterocycles. The van der Waals surface area contributed by atoms with Crippen molar-refractivity contribution in [3.63, 3.8) is 0 Å². The molecule has 2 aromatic carbocycles. The van der Waals surface area contributed by atoms with Crippen LogP contribution in [0.15, 0.2) is 59.4 Å². The number of nitrogens with one attached hydrogen (secondary N) is 6. The molecule has 8 rings (SSSR count). The molecule has 28 heteroatoms. The lowest BCUT2D eigenvalue weighted by Gasteiger charge is -2.32. The number of imide groups is 1. The molecule has 0 saturated carbocycles. The highest BCUT2D eigenvalue weighted by Crippen LogP contribution is 2.46. The molecular weight excluding hydrogens is 1180 g/mol. The second-order valence-corrected chi connectivity index (χ2v) is 24.1. The van der Waals surface area contributed by atoms with Crippen LogP contribution in [0.5, 0.6) is 0 Å². The monoisotopic (exact) mass is 1250 g/mol. The van der Waals surface area contributed by atoms with E-state index in [4.69, 9.17) is 23.9 Å². The average molecular weight is 1250 g/mol. The van der Waals surface area contributed by atoms with Gasteiger partial charge in [-0.3, -0.25) is 57.7 Å². The standard InChI is InChI=1S/C62H73FN10O17/c1-10-44(56(82)70-39-18-17-34-32(3)38(63)23-40-51(34)52(39)35-27-72-42(53(35)69-40)22-37-36(57(72)83)30-87-58(84)62(37,86)11-2)88-31-67-46(75)25-65-54(80)41(21-33-15-13-12-14-16-33)68-47(76)26-64-45(74)24-66-55(81)43(73-48(77)19-20-49(73)78)28-71(59(85)90-61(7,8)9)29-50(79)89-60(4,5)6/h12-16,19-20,22-23,39,41,43-44,86H,10-11,17-18,21,24-31H2,1-9H3,(H,64,74)(H,65,80)(H,66,81)(H,67,75)(H,68,76)(H,70,82)/t39-,41-,43-,44+,62-/m0/s1. The van der Waals surface area contributed by atoms with Crippen LogP contribution in [-0.2, 0) is 98.5 Å². The number of carbonyl (C=O) groups is 11. The molecule has 0 fully saturated rings. The van der Waals surface area contributed by atoms with Gasteiger partial charge in [-0.15, -0.1) is 0 Å². The topological polar surface area (TPSA) is 358 Å². The summed E-state index contributed by atoms with van der Waals surface area (Å²) in [5.74, 6) is -9.08. The zero-order chi connectivity index (χ0) is 65.7. The van der Waals surface area contributed by atoms with Crippen molar-refractivity contribution in [3.8, 4) is 11.4 Å². The lowest BCUT2D eigenvalue weighted by atomic mass is 9.81. The number of benzene rings is 2. The Balaban J connectivity index is 0.861. The van der Waals surface area contributed by atoms with Crippen molar-refractivity contribution in [3.05, 3.63) is 110 Å². The van der Waals surface area contributed by atoms with E-state index in [0.717, 1.165) is 17.1 Å². The number of esters is 2. The number of nitrogens with zero attached hydrogens (tertiary/aromatic N) is 4. The van der Waals surface area contributed by atoms with Gasteiger partial charge in [0.25, 0.3) is 17.4 Å². The Bertz CT molecular complexity index is 3670. The third-order valence-electron chi connectivity index (χ3n) is 15.4. The van der Waals surface area contributed by atoms with Crippen LogP contribution in [0.4, 0.5) is 9.18 Å². The van der Waals surface area contributed by atoms with E-state index in [1.165, 1.54) is 10.6 Å². The summed E-state index contributed by atoms with van der Waals surface area (Å²) >= 11 is 0. The van der Waals surface area contributed by atoms with Crippen LogP contribution in [-0.4, -0.2) is 159 Å². The zero-order valence-electron chi connectivity index (χ0n) is 51.3. The minimum Gasteiger partial charge on any atom is -0.459 e. The largest absolute Gasteiger partial charge is 0.459 e. The maximum atomic E-state index is 15.5. The maximum absolute atomic E-state index is 15.5. The van der Waals surface area contributed by atoms with Crippen LogP contribution >= 0.6 is 0 Å². The number of aromatic nitrogens is 2. The molecule has 0 spiro atoms. The van der Waals surface area contributed by atoms with Crippen LogP contribution in [0.2, 0.25) is 0 Å². The SMILES string of the molecule is CC[C@@H](OCNC(=O)CNC(=O)[C@H](Cc1ccccc1)NC(=O)CNC(=O)CNC(=O)[C@H](CN(CC(=O)OC(C)(C)C)C(=O)OC(C)(C)C)N1C(=O)C=CC1=O)C(=O)N[C@H]1CCc2c(C)c(F)cc3nc4c(c1c23)Cn1c-4cc2c(c1=O)COC(=O)[C@]2(O)CC. The molecule has 1 aliphatic carbocycles. The van der Waals surface area contributed by atoms with E-state index >= 15 is 4.39 Å². The Morgan fingerprint density at radius 2 is 1.47 bits per heavy atom. The van der Waals surface area contributed by atoms with E-state index in [-0.39, 0.29) is 49.1 Å². The van der Waals surface area contributed by atoms with Crippen LogP contribution in [0.3, 0.4) is 0 Å². The predicted molar refractivity (Wildman–Crippen MR) is 316 cm³/mol. The fraction of sp³-hybridized carbons (Fsp3) is 0.468. The van der Waals surface area contributed by atoms with E-state index in [0.29, 0.717) is 62.3 Å². The minimum atomic E-state index is -2.08. The predicted octanol–water partition coefficient (Wildman–Crippen LogP) is 1.45. The minimum absolute atomic E-state index is 0.0214. The van der Waals surface area contributed by atoms with Crippen molar-refractivity contribution in [2.24, 2.45) is 0 Å². The summed E-state index contributed by atoms with van der Waals surface area (Å²) in [5, 5.41) is 27.3. The summed E-state index contributed by atoms with van der Waals surface area (Å²) in [6.45, 7) is 9.94. The molecule has 3 aliphatic heterocycles. The lowest BCUT2D eigenvalue weighted by Crippen LogP contribution is -2.57. The normalized spacial score (nSPS) is 17.4. The molecule has 5 heterocycles. The number of fused-ring (bicyclic) bond motifs is 5. The second-order valence-electron chi connectivity index (χ2n) is 24.1. The highest BCUT2D eigenvalue weighted by atomic mass is 19.1. The van der Waals surface area contributed by atoms with Gasteiger partial charge in [0.15, 0.2) is 5.60 Å². The molecule has 0 bridgehead atoms. The Kier molecular flexibility index (Phi) is 20.0. The van der Waals surface area contributed by atoms with E-state index in [1.807, 2.05) is 0 Å². The third kappa shape index (κ3) is 15.0. The van der Waals surface area contributed by atoms with Crippen LogP contribution < -0.4 is 37.5 Å². The van der Waals surface area contributed by atoms with E-state index in [1.54, 1.807) is 98.7 Å². The van der Waals surface area contributed by atoms with Gasteiger partial charge >= 0.3 is 18.0 Å². The zero-order valence-corrected chi connectivity index (χ0v) is 51.3. The maximum Gasteiger partial charge on any atom is 0.410 e. The molecule has 0 radical (unpaired) electrons. The molecule has 0 unspecified atom stereocenters. The van der Waals surface area contributed by atoms with Crippen molar-refractivity contribution in [1.82, 2.24) is 51.3 Å². The summed E-state index contributed by atoms with van der Waals surface area (Å²) in [5.41, 5.74) is -0.530. The van der Waals surface area contributed by atoms with Gasteiger partial charge in [-0.05, 0) is 102 Å². The summed E-state index contributed by atoms with van der Waals surface area (Å²) < 4.78 is 38.9. The van der Waals surface area contributed by atoms with Gasteiger partial charge in [0.1, 0.15) is 55.1 Å². The third-order valence-corrected chi connectivity index (χ3v) is 15.4. The molecular formula is C62H73FN10O17. The Morgan fingerprint density at radius 3 is 2.11 bits per heavy atom. The van der Waals surface area contributed by atoms with E-state index in [2.05, 4.69) is 31.9 Å². The number of pyridine rings is 2. The Hall–Kier alpha value is -9.44. The first-order chi connectivity index (χ1) is 42.4. The smallest absolute Gasteiger partial charge is 0.410 e. The van der Waals surface area contributed by atoms with Crippen molar-refractivity contribution in [2.45, 2.75) is 149 Å². The first-order valence-electron chi connectivity index (χ1n) is 29.3. The van der Waals surface area contributed by atoms with Crippen molar-refractivity contribution < 1.29 is 81.2 Å². The number of hydrogen-bond acceptors (Lipinski definition) is 18. The average Bonchev–Trinajstić information content (AvgIpc) is 1.46.